The smallest absolute Gasteiger partial charge is 0.212 e. The molecule has 3 rings (SSSR count). The molecule has 0 aliphatic carbocycles. The van der Waals surface area contributed by atoms with Crippen LogP contribution in [-0.2, 0) is 0 Å². The monoisotopic (exact) mass is 430 g/mol. The number of allylic oxidation sites excluding steroid dienone is 6. The molecule has 7 N–H and O–H groups in total. The average Bonchev–Trinajstić information content (AvgIpc) is 2.81. The van der Waals surface area contributed by atoms with Gasteiger partial charge >= 0.3 is 0 Å². The van der Waals surface area contributed by atoms with E-state index in [9.17, 15) is 0 Å². The van der Waals surface area contributed by atoms with Gasteiger partial charge in [0.15, 0.2) is 0 Å². The van der Waals surface area contributed by atoms with E-state index in [4.69, 9.17) is 21.6 Å². The van der Waals surface area contributed by atoms with Gasteiger partial charge in [0.2, 0.25) is 5.88 Å². The van der Waals surface area contributed by atoms with E-state index in [1.54, 1.807) is 45.6 Å². The lowest BCUT2D eigenvalue weighted by molar-refractivity contribution is 0.398. The van der Waals surface area contributed by atoms with Crippen LogP contribution in [0.2, 0.25) is 0 Å². The number of pyridine rings is 1. The van der Waals surface area contributed by atoms with Crippen LogP contribution in [0.4, 0.5) is 0 Å². The normalized spacial score (nSPS) is 17.1. The summed E-state index contributed by atoms with van der Waals surface area (Å²) in [7, 11) is 3.25. The number of aliphatic imine (C=N–C) groups is 2. The summed E-state index contributed by atoms with van der Waals surface area (Å²) >= 11 is 0. The number of dihydropyridines is 2. The van der Waals surface area contributed by atoms with Gasteiger partial charge in [-0.15, -0.1) is 0 Å². The molecule has 2 aliphatic rings. The maximum Gasteiger partial charge on any atom is 0.212 e. The van der Waals surface area contributed by atoms with Crippen LogP contribution in [0.5, 0.6) is 5.88 Å². The number of ether oxygens (including phenoxy) is 1. The van der Waals surface area contributed by atoms with Gasteiger partial charge < -0.3 is 32.2 Å². The lowest BCUT2D eigenvalue weighted by atomic mass is 9.98. The van der Waals surface area contributed by atoms with Crippen LogP contribution in [-0.4, -0.2) is 37.4 Å². The maximum atomic E-state index is 7.25. The van der Waals surface area contributed by atoms with E-state index in [1.807, 2.05) is 30.5 Å². The topological polar surface area (TPSA) is 147 Å². The summed E-state index contributed by atoms with van der Waals surface area (Å²) in [4.78, 5) is 12.8. The highest BCUT2D eigenvalue weighted by Crippen LogP contribution is 2.26. The summed E-state index contributed by atoms with van der Waals surface area (Å²) in [6, 6.07) is 3.60. The fourth-order valence-corrected chi connectivity index (χ4v) is 3.00. The molecule has 2 aliphatic heterocycles. The standard InChI is InChI=1S/C23H26N8O/c1-14(10-24)8-20(25)31-21-6-5-18-19(30-21)9-16(12-28-18)17(13-27-2)23(26)15-4-7-22(32-3)29-11-15/h4-13,24,28,30H,26H2,1-3H3,(H2,25,31). The Labute approximate surface area is 186 Å². The summed E-state index contributed by atoms with van der Waals surface area (Å²) in [5.74, 6) is 1.40. The number of nitrogens with two attached hydrogens (primary N) is 2. The second-order valence-electron chi connectivity index (χ2n) is 6.93. The van der Waals surface area contributed by atoms with Crippen molar-refractivity contribution in [3.63, 3.8) is 0 Å². The van der Waals surface area contributed by atoms with Crippen molar-refractivity contribution < 1.29 is 4.74 Å². The number of methoxy groups -OCH3 is 1. The third kappa shape index (κ3) is 5.20. The largest absolute Gasteiger partial charge is 0.481 e. The Bertz CT molecular complexity index is 1140. The molecule has 0 spiro atoms. The van der Waals surface area contributed by atoms with Gasteiger partial charge in [-0.1, -0.05) is 0 Å². The first-order valence-corrected chi connectivity index (χ1v) is 9.78. The van der Waals surface area contributed by atoms with E-state index in [-0.39, 0.29) is 0 Å². The lowest BCUT2D eigenvalue weighted by Crippen LogP contribution is -2.27. The molecule has 9 heteroatoms. The van der Waals surface area contributed by atoms with Crippen LogP contribution in [0.3, 0.4) is 0 Å². The molecule has 0 atom stereocenters. The zero-order valence-electron chi connectivity index (χ0n) is 18.2. The first kappa shape index (κ1) is 22.3. The molecule has 1 aromatic rings. The fraction of sp³-hybridized carbons (Fsp3) is 0.130. The SMILES string of the molecule is CN=CC(C1=CNC2=CC=C(N=C(N)C=C(C)C=N)NC2=C1)=C(N)c1ccc(OC)nc1. The Morgan fingerprint density at radius 3 is 2.69 bits per heavy atom. The quantitative estimate of drug-likeness (QED) is 0.331. The second-order valence-corrected chi connectivity index (χ2v) is 6.93. The van der Waals surface area contributed by atoms with Gasteiger partial charge in [-0.05, 0) is 42.9 Å². The Kier molecular flexibility index (Phi) is 7.02. The molecule has 0 aromatic carbocycles. The molecule has 32 heavy (non-hydrogen) atoms. The first-order chi connectivity index (χ1) is 15.4. The lowest BCUT2D eigenvalue weighted by Gasteiger charge is -2.24. The third-order valence-electron chi connectivity index (χ3n) is 4.61. The molecule has 1 aromatic heterocycles. The molecule has 0 bridgehead atoms. The van der Waals surface area contributed by atoms with E-state index < -0.39 is 0 Å². The van der Waals surface area contributed by atoms with Crippen LogP contribution in [0.25, 0.3) is 5.70 Å². The zero-order chi connectivity index (χ0) is 23.1. The Morgan fingerprint density at radius 2 is 2.03 bits per heavy atom. The molecular formula is C23H26N8O. The van der Waals surface area contributed by atoms with E-state index in [1.165, 1.54) is 6.21 Å². The highest BCUT2D eigenvalue weighted by atomic mass is 16.5. The van der Waals surface area contributed by atoms with Crippen molar-refractivity contribution >= 4 is 24.0 Å². The molecule has 3 heterocycles. The van der Waals surface area contributed by atoms with Crippen molar-refractivity contribution in [3.8, 4) is 5.88 Å². The minimum absolute atomic E-state index is 0.302. The Balaban J connectivity index is 1.91. The number of hydrogen-bond donors (Lipinski definition) is 5. The molecule has 0 fully saturated rings. The summed E-state index contributed by atoms with van der Waals surface area (Å²) in [5, 5.41) is 13.8. The van der Waals surface area contributed by atoms with Crippen molar-refractivity contribution in [1.82, 2.24) is 15.6 Å². The molecular weight excluding hydrogens is 404 g/mol. The highest BCUT2D eigenvalue weighted by Gasteiger charge is 2.18. The summed E-state index contributed by atoms with van der Waals surface area (Å²) < 4.78 is 5.12. The average molecular weight is 431 g/mol. The number of amidine groups is 1. The number of fused-ring (bicyclic) bond motifs is 1. The van der Waals surface area contributed by atoms with Gasteiger partial charge in [-0.25, -0.2) is 9.98 Å². The number of rotatable bonds is 7. The summed E-state index contributed by atoms with van der Waals surface area (Å²) in [5.41, 5.74) is 17.7. The van der Waals surface area contributed by atoms with Gasteiger partial charge in [-0.3, -0.25) is 4.99 Å². The predicted molar refractivity (Wildman–Crippen MR) is 129 cm³/mol. The van der Waals surface area contributed by atoms with Crippen molar-refractivity contribution in [3.05, 3.63) is 88.3 Å². The minimum atomic E-state index is 0.302. The number of nitrogens with one attached hydrogen (secondary N) is 3. The molecule has 9 nitrogen and oxygen atoms in total. The van der Waals surface area contributed by atoms with Crippen LogP contribution in [0, 0.1) is 5.41 Å². The number of aromatic nitrogens is 1. The zero-order valence-corrected chi connectivity index (χ0v) is 18.2. The predicted octanol–water partition coefficient (Wildman–Crippen LogP) is 2.11. The van der Waals surface area contributed by atoms with Crippen LogP contribution in [0.15, 0.2) is 92.8 Å². The van der Waals surface area contributed by atoms with Crippen molar-refractivity contribution in [2.45, 2.75) is 6.92 Å². The number of nitrogens with zero attached hydrogens (tertiary/aromatic N) is 3. The van der Waals surface area contributed by atoms with Gasteiger partial charge in [0.1, 0.15) is 11.7 Å². The molecule has 0 saturated heterocycles. The summed E-state index contributed by atoms with van der Waals surface area (Å²) in [6.45, 7) is 1.78. The van der Waals surface area contributed by atoms with Crippen molar-refractivity contribution in [2.24, 2.45) is 21.5 Å². The highest BCUT2D eigenvalue weighted by molar-refractivity contribution is 5.97. The molecule has 164 valence electrons. The maximum absolute atomic E-state index is 7.25. The van der Waals surface area contributed by atoms with Crippen LogP contribution >= 0.6 is 0 Å². The second kappa shape index (κ2) is 10.1. The Hall–Kier alpha value is -4.40. The molecule has 0 saturated carbocycles. The first-order valence-electron chi connectivity index (χ1n) is 9.78. The number of hydrogen-bond acceptors (Lipinski definition) is 8. The summed E-state index contributed by atoms with van der Waals surface area (Å²) in [6.07, 6.45) is 13.8. The molecule has 0 unspecified atom stereocenters. The van der Waals surface area contributed by atoms with Gasteiger partial charge in [0.25, 0.3) is 0 Å². The van der Waals surface area contributed by atoms with Gasteiger partial charge in [0.05, 0.1) is 18.5 Å². The minimum Gasteiger partial charge on any atom is -0.481 e. The van der Waals surface area contributed by atoms with E-state index in [0.717, 1.165) is 28.1 Å². The fourth-order valence-electron chi connectivity index (χ4n) is 3.00. The van der Waals surface area contributed by atoms with Crippen LogP contribution < -0.4 is 26.8 Å². The molecule has 0 amide bonds. The van der Waals surface area contributed by atoms with E-state index in [2.05, 4.69) is 25.6 Å². The third-order valence-corrected chi connectivity index (χ3v) is 4.61. The van der Waals surface area contributed by atoms with Crippen molar-refractivity contribution in [1.29, 1.82) is 5.41 Å². The van der Waals surface area contributed by atoms with Gasteiger partial charge in [0, 0.05) is 60.3 Å². The van der Waals surface area contributed by atoms with Crippen LogP contribution in [0.1, 0.15) is 12.5 Å². The van der Waals surface area contributed by atoms with E-state index >= 15 is 0 Å². The Morgan fingerprint density at radius 1 is 1.22 bits per heavy atom. The molecule has 0 radical (unpaired) electrons. The van der Waals surface area contributed by atoms with Gasteiger partial charge in [-0.2, -0.15) is 0 Å². The van der Waals surface area contributed by atoms with Crippen molar-refractivity contribution in [2.75, 3.05) is 14.2 Å². The van der Waals surface area contributed by atoms with E-state index in [0.29, 0.717) is 28.8 Å².